The predicted octanol–water partition coefficient (Wildman–Crippen LogP) is 4.01. The number of carbonyl (C=O) groups is 1. The Labute approximate surface area is 196 Å². The molecule has 158 valence electrons. The predicted molar refractivity (Wildman–Crippen MR) is 130 cm³/mol. The Morgan fingerprint density at radius 2 is 2.03 bits per heavy atom. The molecule has 4 rings (SSSR count). The number of anilines is 1. The smallest absolute Gasteiger partial charge is 0.236 e. The first-order chi connectivity index (χ1) is 14.2. The highest BCUT2D eigenvalue weighted by atomic mass is 127. The van der Waals surface area contributed by atoms with Gasteiger partial charge in [-0.2, -0.15) is 0 Å². The van der Waals surface area contributed by atoms with E-state index in [9.17, 15) is 4.79 Å². The molecular formula is C21H24IN5O2S. The lowest BCUT2D eigenvalue weighted by Gasteiger charge is -2.16. The van der Waals surface area contributed by atoms with Gasteiger partial charge in [-0.25, -0.2) is 4.98 Å². The van der Waals surface area contributed by atoms with E-state index in [1.54, 1.807) is 24.6 Å². The van der Waals surface area contributed by atoms with Gasteiger partial charge in [0.15, 0.2) is 5.96 Å². The molecule has 0 aliphatic carbocycles. The van der Waals surface area contributed by atoms with E-state index in [2.05, 4.69) is 20.6 Å². The summed E-state index contributed by atoms with van der Waals surface area (Å²) in [6, 6.07) is 12.0. The largest absolute Gasteiger partial charge is 0.443 e. The van der Waals surface area contributed by atoms with Crippen molar-refractivity contribution >= 4 is 52.9 Å². The van der Waals surface area contributed by atoms with Crippen molar-refractivity contribution in [2.45, 2.75) is 25.9 Å². The lowest BCUT2D eigenvalue weighted by atomic mass is 10.2. The molecule has 9 heteroatoms. The molecule has 2 N–H and O–H groups in total. The first-order valence-electron chi connectivity index (χ1n) is 9.55. The van der Waals surface area contributed by atoms with Crippen molar-refractivity contribution in [2.24, 2.45) is 4.99 Å². The Morgan fingerprint density at radius 1 is 1.23 bits per heavy atom. The Morgan fingerprint density at radius 3 is 2.70 bits per heavy atom. The van der Waals surface area contributed by atoms with Crippen LogP contribution in [0.15, 0.2) is 57.5 Å². The van der Waals surface area contributed by atoms with Gasteiger partial charge >= 0.3 is 0 Å². The second-order valence-corrected chi connectivity index (χ2v) is 7.66. The van der Waals surface area contributed by atoms with Gasteiger partial charge in [-0.3, -0.25) is 9.79 Å². The molecule has 2 aromatic heterocycles. The molecule has 0 spiro atoms. The zero-order valence-corrected chi connectivity index (χ0v) is 19.8. The van der Waals surface area contributed by atoms with Crippen LogP contribution in [0.1, 0.15) is 24.1 Å². The highest BCUT2D eigenvalue weighted by molar-refractivity contribution is 14.0. The van der Waals surface area contributed by atoms with Crippen LogP contribution in [-0.2, 0) is 17.9 Å². The number of halogens is 1. The summed E-state index contributed by atoms with van der Waals surface area (Å²) in [6.45, 7) is 1.96. The normalized spacial score (nSPS) is 14.0. The number of oxazole rings is 1. The summed E-state index contributed by atoms with van der Waals surface area (Å²) >= 11 is 1.60. The Bertz CT molecular complexity index is 985. The van der Waals surface area contributed by atoms with Gasteiger partial charge in [-0.05, 0) is 35.6 Å². The number of carbonyl (C=O) groups excluding carboxylic acids is 1. The average Bonchev–Trinajstić information content (AvgIpc) is 3.50. The van der Waals surface area contributed by atoms with E-state index in [4.69, 9.17) is 4.42 Å². The summed E-state index contributed by atoms with van der Waals surface area (Å²) < 4.78 is 5.54. The van der Waals surface area contributed by atoms with Crippen molar-refractivity contribution < 1.29 is 9.21 Å². The van der Waals surface area contributed by atoms with Crippen LogP contribution in [0.25, 0.3) is 10.8 Å². The summed E-state index contributed by atoms with van der Waals surface area (Å²) in [5.74, 6) is 1.52. The van der Waals surface area contributed by atoms with Crippen molar-refractivity contribution in [3.05, 3.63) is 59.3 Å². The highest BCUT2D eigenvalue weighted by Gasteiger charge is 2.21. The first kappa shape index (κ1) is 22.3. The minimum atomic E-state index is 0. The summed E-state index contributed by atoms with van der Waals surface area (Å²) in [5.41, 5.74) is 2.90. The molecular weight excluding hydrogens is 513 g/mol. The molecule has 1 aliphatic heterocycles. The van der Waals surface area contributed by atoms with Crippen LogP contribution in [0.4, 0.5) is 5.69 Å². The number of benzene rings is 1. The van der Waals surface area contributed by atoms with Crippen molar-refractivity contribution in [3.63, 3.8) is 0 Å². The molecule has 1 fully saturated rings. The lowest BCUT2D eigenvalue weighted by Crippen LogP contribution is -2.36. The summed E-state index contributed by atoms with van der Waals surface area (Å²) in [4.78, 5) is 23.5. The summed E-state index contributed by atoms with van der Waals surface area (Å²) in [5, 5.41) is 8.53. The van der Waals surface area contributed by atoms with Gasteiger partial charge in [0.2, 0.25) is 11.8 Å². The third-order valence-electron chi connectivity index (χ3n) is 4.73. The van der Waals surface area contributed by atoms with Gasteiger partial charge in [-0.1, -0.05) is 18.2 Å². The topological polar surface area (TPSA) is 82.8 Å². The van der Waals surface area contributed by atoms with Crippen molar-refractivity contribution in [1.82, 2.24) is 15.6 Å². The van der Waals surface area contributed by atoms with Crippen LogP contribution >= 0.6 is 35.3 Å². The molecule has 3 heterocycles. The van der Waals surface area contributed by atoms with Gasteiger partial charge in [0.05, 0.1) is 17.1 Å². The number of rotatable bonds is 6. The van der Waals surface area contributed by atoms with Crippen LogP contribution in [0.5, 0.6) is 0 Å². The van der Waals surface area contributed by atoms with Crippen LogP contribution in [0.3, 0.4) is 0 Å². The molecule has 0 bridgehead atoms. The maximum absolute atomic E-state index is 11.8. The number of nitrogens with zero attached hydrogens (tertiary/aromatic N) is 3. The SMILES string of the molecule is CN=C(NCc1ccc(N2CCCC2=O)cc1)NCc1coc(-c2cccs2)n1.I. The third kappa shape index (κ3) is 5.39. The molecule has 0 saturated carbocycles. The average molecular weight is 537 g/mol. The number of thiophene rings is 1. The van der Waals surface area contributed by atoms with Gasteiger partial charge in [-0.15, -0.1) is 35.3 Å². The molecule has 0 radical (unpaired) electrons. The fourth-order valence-electron chi connectivity index (χ4n) is 3.20. The minimum absolute atomic E-state index is 0. The van der Waals surface area contributed by atoms with E-state index < -0.39 is 0 Å². The van der Waals surface area contributed by atoms with Crippen molar-refractivity contribution in [3.8, 4) is 10.8 Å². The zero-order chi connectivity index (χ0) is 20.1. The van der Waals surface area contributed by atoms with E-state index in [1.165, 1.54) is 0 Å². The molecule has 0 atom stereocenters. The molecule has 3 aromatic rings. The monoisotopic (exact) mass is 537 g/mol. The van der Waals surface area contributed by atoms with Crippen LogP contribution in [0.2, 0.25) is 0 Å². The van der Waals surface area contributed by atoms with Gasteiger partial charge in [0.25, 0.3) is 0 Å². The maximum Gasteiger partial charge on any atom is 0.236 e. The quantitative estimate of drug-likeness (QED) is 0.282. The highest BCUT2D eigenvalue weighted by Crippen LogP contribution is 2.23. The summed E-state index contributed by atoms with van der Waals surface area (Å²) in [7, 11) is 1.73. The number of amides is 1. The molecule has 7 nitrogen and oxygen atoms in total. The second-order valence-electron chi connectivity index (χ2n) is 6.72. The number of hydrogen-bond acceptors (Lipinski definition) is 5. The molecule has 1 aromatic carbocycles. The second kappa shape index (κ2) is 10.6. The van der Waals surface area contributed by atoms with Crippen molar-refractivity contribution in [2.75, 3.05) is 18.5 Å². The molecule has 0 unspecified atom stereocenters. The fraction of sp³-hybridized carbons (Fsp3) is 0.286. The van der Waals surface area contributed by atoms with Gasteiger partial charge < -0.3 is 20.0 Å². The minimum Gasteiger partial charge on any atom is -0.443 e. The molecule has 1 saturated heterocycles. The Kier molecular flexibility index (Phi) is 7.86. The van der Waals surface area contributed by atoms with Gasteiger partial charge in [0.1, 0.15) is 6.26 Å². The first-order valence-corrected chi connectivity index (χ1v) is 10.4. The third-order valence-corrected chi connectivity index (χ3v) is 5.58. The maximum atomic E-state index is 11.8. The van der Waals surface area contributed by atoms with E-state index in [1.807, 2.05) is 46.7 Å². The standard InChI is InChI=1S/C21H23N5O2S.HI/c1-22-21(24-13-16-14-28-20(25-16)18-4-3-11-29-18)23-12-15-6-8-17(9-7-15)26-10-2-5-19(26)27;/h3-4,6-9,11,14H,2,5,10,12-13H2,1H3,(H2,22,23,24);1H. The van der Waals surface area contributed by atoms with Gasteiger partial charge in [0, 0.05) is 32.2 Å². The number of hydrogen-bond donors (Lipinski definition) is 2. The van der Waals surface area contributed by atoms with Crippen LogP contribution in [0, 0.1) is 0 Å². The lowest BCUT2D eigenvalue weighted by molar-refractivity contribution is -0.117. The van der Waals surface area contributed by atoms with E-state index in [-0.39, 0.29) is 29.9 Å². The zero-order valence-electron chi connectivity index (χ0n) is 16.6. The Hall–Kier alpha value is -2.40. The van der Waals surface area contributed by atoms with Crippen LogP contribution in [-0.4, -0.2) is 30.4 Å². The van der Waals surface area contributed by atoms with E-state index >= 15 is 0 Å². The Balaban J connectivity index is 0.00000256. The number of nitrogens with one attached hydrogen (secondary N) is 2. The van der Waals surface area contributed by atoms with E-state index in [0.717, 1.165) is 34.8 Å². The van der Waals surface area contributed by atoms with E-state index in [0.29, 0.717) is 31.4 Å². The summed E-state index contributed by atoms with van der Waals surface area (Å²) in [6.07, 6.45) is 3.24. The number of aromatic nitrogens is 1. The number of guanidine groups is 1. The van der Waals surface area contributed by atoms with Crippen molar-refractivity contribution in [1.29, 1.82) is 0 Å². The van der Waals surface area contributed by atoms with Crippen LogP contribution < -0.4 is 15.5 Å². The molecule has 1 amide bonds. The number of aliphatic imine (C=N–C) groups is 1. The fourth-order valence-corrected chi connectivity index (χ4v) is 3.85. The molecule has 1 aliphatic rings. The molecule has 30 heavy (non-hydrogen) atoms.